The number of hydrogen-bond acceptors (Lipinski definition) is 6. The van der Waals surface area contributed by atoms with Crippen LogP contribution in [0.4, 0.5) is 5.69 Å². The first-order valence-electron chi connectivity index (χ1n) is 5.19. The van der Waals surface area contributed by atoms with Crippen molar-refractivity contribution in [1.82, 2.24) is 9.78 Å². The van der Waals surface area contributed by atoms with Crippen LogP contribution in [0.15, 0.2) is 15.5 Å². The van der Waals surface area contributed by atoms with Gasteiger partial charge >= 0.3 is 5.97 Å². The maximum atomic E-state index is 11.9. The third-order valence-electron chi connectivity index (χ3n) is 2.17. The Morgan fingerprint density at radius 1 is 1.72 bits per heavy atom. The largest absolute Gasteiger partial charge is 0.468 e. The predicted molar refractivity (Wildman–Crippen MR) is 68.4 cm³/mol. The van der Waals surface area contributed by atoms with Gasteiger partial charge in [-0.2, -0.15) is 5.10 Å². The lowest BCUT2D eigenvalue weighted by Crippen LogP contribution is -2.29. The van der Waals surface area contributed by atoms with E-state index >= 15 is 0 Å². The number of methoxy groups -OCH3 is 1. The minimum Gasteiger partial charge on any atom is -0.468 e. The second-order valence-corrected chi connectivity index (χ2v) is 4.43. The van der Waals surface area contributed by atoms with Gasteiger partial charge in [0.25, 0.3) is 5.56 Å². The molecule has 100 valence electrons. The van der Waals surface area contributed by atoms with Gasteiger partial charge in [0.1, 0.15) is 11.0 Å². The Balaban J connectivity index is 2.98. The van der Waals surface area contributed by atoms with E-state index in [1.807, 2.05) is 0 Å². The van der Waals surface area contributed by atoms with Crippen LogP contribution in [0, 0.1) is 0 Å². The lowest BCUT2D eigenvalue weighted by atomic mass is 10.3. The van der Waals surface area contributed by atoms with Gasteiger partial charge in [0.15, 0.2) is 0 Å². The molecule has 1 rings (SSSR count). The number of ether oxygens (including phenoxy) is 1. The van der Waals surface area contributed by atoms with Gasteiger partial charge in [-0.1, -0.05) is 0 Å². The van der Waals surface area contributed by atoms with Gasteiger partial charge in [-0.25, -0.2) is 4.68 Å². The Labute approximate surface area is 112 Å². The summed E-state index contributed by atoms with van der Waals surface area (Å²) in [5.74, 6) is -0.555. The molecule has 2 N–H and O–H groups in total. The molecule has 0 aromatic carbocycles. The minimum absolute atomic E-state index is 0.0717. The molecule has 0 aliphatic carbocycles. The maximum Gasteiger partial charge on any atom is 0.327 e. The van der Waals surface area contributed by atoms with Gasteiger partial charge in [0.05, 0.1) is 25.6 Å². The van der Waals surface area contributed by atoms with Crippen LogP contribution in [0.5, 0.6) is 0 Å². The summed E-state index contributed by atoms with van der Waals surface area (Å²) in [4.78, 5) is 22.9. The highest BCUT2D eigenvalue weighted by Crippen LogP contribution is 2.16. The Hall–Kier alpha value is -1.41. The van der Waals surface area contributed by atoms with Crippen molar-refractivity contribution in [2.24, 2.45) is 0 Å². The van der Waals surface area contributed by atoms with Crippen LogP contribution >= 0.6 is 15.9 Å². The molecule has 0 radical (unpaired) electrons. The Bertz CT molecular complexity index is 489. The van der Waals surface area contributed by atoms with Crippen molar-refractivity contribution in [3.63, 3.8) is 0 Å². The third kappa shape index (κ3) is 3.54. The number of nitrogens with one attached hydrogen (secondary N) is 1. The highest BCUT2D eigenvalue weighted by atomic mass is 79.9. The van der Waals surface area contributed by atoms with E-state index in [2.05, 4.69) is 31.1 Å². The Kier molecular flexibility index (Phi) is 5.29. The van der Waals surface area contributed by atoms with Crippen molar-refractivity contribution in [3.05, 3.63) is 21.0 Å². The van der Waals surface area contributed by atoms with Crippen LogP contribution in [0.1, 0.15) is 6.92 Å². The quantitative estimate of drug-likeness (QED) is 0.740. The molecule has 0 aliphatic heterocycles. The lowest BCUT2D eigenvalue weighted by molar-refractivity contribution is -0.141. The van der Waals surface area contributed by atoms with Crippen molar-refractivity contribution in [2.45, 2.75) is 19.5 Å². The van der Waals surface area contributed by atoms with Gasteiger partial charge in [0.2, 0.25) is 0 Å². The first kappa shape index (κ1) is 14.7. The molecule has 1 aromatic rings. The Morgan fingerprint density at radius 3 is 2.94 bits per heavy atom. The lowest BCUT2D eigenvalue weighted by Gasteiger charge is -2.14. The van der Waals surface area contributed by atoms with Crippen LogP contribution in [0.2, 0.25) is 0 Å². The summed E-state index contributed by atoms with van der Waals surface area (Å²) in [7, 11) is 1.24. The van der Waals surface area contributed by atoms with Gasteiger partial charge in [-0.15, -0.1) is 0 Å². The van der Waals surface area contributed by atoms with Gasteiger partial charge < -0.3 is 15.2 Å². The summed E-state index contributed by atoms with van der Waals surface area (Å²) < 4.78 is 5.70. The number of hydrogen-bond donors (Lipinski definition) is 2. The summed E-state index contributed by atoms with van der Waals surface area (Å²) in [6.07, 6.45) is 1.40. The monoisotopic (exact) mass is 319 g/mol. The van der Waals surface area contributed by atoms with E-state index in [4.69, 9.17) is 5.11 Å². The van der Waals surface area contributed by atoms with Gasteiger partial charge in [-0.05, 0) is 22.9 Å². The molecule has 0 amide bonds. The smallest absolute Gasteiger partial charge is 0.327 e. The number of anilines is 1. The number of carbonyl (C=O) groups is 1. The second-order valence-electron chi connectivity index (χ2n) is 3.64. The highest BCUT2D eigenvalue weighted by molar-refractivity contribution is 9.10. The number of rotatable bonds is 5. The first-order chi connectivity index (χ1) is 8.49. The maximum absolute atomic E-state index is 11.9. The van der Waals surface area contributed by atoms with Gasteiger partial charge in [-0.3, -0.25) is 9.59 Å². The number of aliphatic hydroxyl groups excluding tert-OH is 1. The van der Waals surface area contributed by atoms with E-state index in [0.29, 0.717) is 5.69 Å². The second kappa shape index (κ2) is 6.50. The van der Waals surface area contributed by atoms with Crippen molar-refractivity contribution in [2.75, 3.05) is 19.0 Å². The van der Waals surface area contributed by atoms with Crippen molar-refractivity contribution < 1.29 is 14.6 Å². The molecule has 7 nitrogen and oxygen atoms in total. The number of nitrogens with zero attached hydrogens (tertiary/aromatic N) is 2. The van der Waals surface area contributed by atoms with Crippen LogP contribution < -0.4 is 10.9 Å². The highest BCUT2D eigenvalue weighted by Gasteiger charge is 2.12. The number of halogens is 1. The number of carbonyl (C=O) groups excluding carboxylic acids is 1. The van der Waals surface area contributed by atoms with Crippen LogP contribution in [-0.4, -0.2) is 40.6 Å². The zero-order chi connectivity index (χ0) is 13.7. The standard InChI is InChI=1S/C10H14BrN3O4/c1-6(5-15)13-7-3-12-14(4-8(16)18-2)10(17)9(7)11/h3,6,13,15H,4-5H2,1-2H3. The zero-order valence-corrected chi connectivity index (χ0v) is 11.6. The molecule has 1 aromatic heterocycles. The summed E-state index contributed by atoms with van der Waals surface area (Å²) in [5, 5.41) is 15.7. The van der Waals surface area contributed by atoms with Crippen LogP contribution in [0.3, 0.4) is 0 Å². The number of aliphatic hydroxyl groups is 1. The summed E-state index contributed by atoms with van der Waals surface area (Å²) in [6.45, 7) is 1.44. The van der Waals surface area contributed by atoms with Crippen LogP contribution in [0.25, 0.3) is 0 Å². The van der Waals surface area contributed by atoms with E-state index in [-0.39, 0.29) is 23.7 Å². The summed E-state index contributed by atoms with van der Waals surface area (Å²) >= 11 is 3.13. The molecule has 0 spiro atoms. The molecular formula is C10H14BrN3O4. The predicted octanol–water partition coefficient (Wildman–Crippen LogP) is -0.0285. The molecule has 8 heteroatoms. The average Bonchev–Trinajstić information content (AvgIpc) is 2.37. The van der Waals surface area contributed by atoms with Crippen LogP contribution in [-0.2, 0) is 16.1 Å². The zero-order valence-electron chi connectivity index (χ0n) is 10.0. The molecule has 1 atom stereocenters. The van der Waals surface area contributed by atoms with Gasteiger partial charge in [0, 0.05) is 6.04 Å². The average molecular weight is 320 g/mol. The number of aromatic nitrogens is 2. The summed E-state index contributed by atoms with van der Waals surface area (Å²) in [6, 6.07) is -0.209. The van der Waals surface area contributed by atoms with E-state index in [0.717, 1.165) is 4.68 Å². The molecule has 0 bridgehead atoms. The molecule has 1 heterocycles. The molecule has 0 saturated carbocycles. The molecule has 0 fully saturated rings. The fourth-order valence-corrected chi connectivity index (χ4v) is 1.60. The Morgan fingerprint density at radius 2 is 2.39 bits per heavy atom. The summed E-state index contributed by atoms with van der Waals surface area (Å²) in [5.41, 5.74) is 0.0122. The van der Waals surface area contributed by atoms with E-state index in [1.165, 1.54) is 13.3 Å². The molecule has 0 saturated heterocycles. The minimum atomic E-state index is -0.555. The van der Waals surface area contributed by atoms with Crippen molar-refractivity contribution in [3.8, 4) is 0 Å². The molecule has 18 heavy (non-hydrogen) atoms. The normalized spacial score (nSPS) is 12.0. The van der Waals surface area contributed by atoms with E-state index in [1.54, 1.807) is 6.92 Å². The SMILES string of the molecule is COC(=O)Cn1ncc(NC(C)CO)c(Br)c1=O. The third-order valence-corrected chi connectivity index (χ3v) is 2.93. The van der Waals surface area contributed by atoms with E-state index < -0.39 is 11.5 Å². The fourth-order valence-electron chi connectivity index (χ4n) is 1.18. The van der Waals surface area contributed by atoms with Crippen molar-refractivity contribution in [1.29, 1.82) is 0 Å². The topological polar surface area (TPSA) is 93.5 Å². The number of esters is 1. The van der Waals surface area contributed by atoms with Crippen molar-refractivity contribution >= 4 is 27.6 Å². The molecule has 0 aliphatic rings. The van der Waals surface area contributed by atoms with E-state index in [9.17, 15) is 9.59 Å². The fraction of sp³-hybridized carbons (Fsp3) is 0.500. The first-order valence-corrected chi connectivity index (χ1v) is 5.98. The molecule has 1 unspecified atom stereocenters. The molecular weight excluding hydrogens is 306 g/mol.